The van der Waals surface area contributed by atoms with E-state index < -0.39 is 22.2 Å². The van der Waals surface area contributed by atoms with Crippen LogP contribution in [0.5, 0.6) is 0 Å². The van der Waals surface area contributed by atoms with E-state index in [1.165, 1.54) is 0 Å². The fourth-order valence-corrected chi connectivity index (χ4v) is 5.79. The number of piperidine rings is 1. The normalized spacial score (nSPS) is 18.0. The molecule has 1 amide bonds. The van der Waals surface area contributed by atoms with Gasteiger partial charge in [0.2, 0.25) is 0 Å². The summed E-state index contributed by atoms with van der Waals surface area (Å²) in [5.74, 6) is -2.00. The average Bonchev–Trinajstić information content (AvgIpc) is 2.93. The number of anilines is 2. The number of carbonyl (C=O) groups is 2. The number of nitrogens with one attached hydrogen (secondary N) is 2. The number of carbonyl (C=O) groups excluding carboxylic acids is 1. The highest BCUT2D eigenvalue weighted by Crippen LogP contribution is 2.31. The van der Waals surface area contributed by atoms with Gasteiger partial charge in [0.1, 0.15) is 0 Å². The lowest BCUT2D eigenvalue weighted by Gasteiger charge is -2.33. The van der Waals surface area contributed by atoms with Crippen molar-refractivity contribution in [2.75, 3.05) is 48.9 Å². The van der Waals surface area contributed by atoms with Crippen LogP contribution in [0.3, 0.4) is 0 Å². The second-order valence-electron chi connectivity index (χ2n) is 10.6. The summed E-state index contributed by atoms with van der Waals surface area (Å²) < 4.78 is 61.1. The van der Waals surface area contributed by atoms with Gasteiger partial charge in [-0.2, -0.15) is 13.2 Å². The van der Waals surface area contributed by atoms with Crippen LogP contribution in [0.4, 0.5) is 24.5 Å². The molecule has 0 bridgehead atoms. The number of benzene rings is 2. The Morgan fingerprint density at radius 3 is 2.20 bits per heavy atom. The molecule has 41 heavy (non-hydrogen) atoms. The van der Waals surface area contributed by atoms with Crippen LogP contribution in [0.1, 0.15) is 55.5 Å². The number of hydrogen-bond donors (Lipinski definition) is 3. The third kappa shape index (κ3) is 8.83. The number of amides is 1. The third-order valence-electron chi connectivity index (χ3n) is 6.99. The highest BCUT2D eigenvalue weighted by Gasteiger charge is 2.38. The smallest absolute Gasteiger partial charge is 0.475 e. The number of sulfonamides is 1. The molecule has 2 heterocycles. The lowest BCUT2D eigenvalue weighted by Crippen LogP contribution is -2.44. The standard InChI is InChI=1S/C26H36N4O3S.C2HF3O2/c1-19(2)21-6-9-23(10-7-21)34(32,33)28-24-17-22(26(31)30-14-4-5-20(3)18-30)8-11-25(24)29-15-12-27-13-16-29;3-2(4,5)1(6)7/h6-11,17,19-20,27-28H,4-5,12-16,18H2,1-3H3;(H,6,7). The van der Waals surface area contributed by atoms with Crippen molar-refractivity contribution < 1.29 is 36.3 Å². The van der Waals surface area contributed by atoms with E-state index >= 15 is 0 Å². The maximum absolute atomic E-state index is 13.3. The number of nitrogens with zero attached hydrogens (tertiary/aromatic N) is 2. The van der Waals surface area contributed by atoms with E-state index in [0.29, 0.717) is 23.1 Å². The maximum atomic E-state index is 13.3. The minimum atomic E-state index is -5.08. The quantitative estimate of drug-likeness (QED) is 0.447. The summed E-state index contributed by atoms with van der Waals surface area (Å²) in [7, 11) is -3.81. The van der Waals surface area contributed by atoms with Crippen molar-refractivity contribution in [2.45, 2.75) is 50.6 Å². The molecule has 1 atom stereocenters. The average molecular weight is 599 g/mol. The topological polar surface area (TPSA) is 119 Å². The van der Waals surface area contributed by atoms with Gasteiger partial charge in [-0.25, -0.2) is 13.2 Å². The van der Waals surface area contributed by atoms with Gasteiger partial charge in [-0.15, -0.1) is 0 Å². The molecule has 13 heteroatoms. The molecule has 2 aliphatic rings. The number of carboxylic acids is 1. The predicted octanol–water partition coefficient (Wildman–Crippen LogP) is 4.53. The van der Waals surface area contributed by atoms with Crippen molar-refractivity contribution in [2.24, 2.45) is 5.92 Å². The summed E-state index contributed by atoms with van der Waals surface area (Å²) in [5.41, 5.74) is 2.85. The molecule has 0 aromatic heterocycles. The summed E-state index contributed by atoms with van der Waals surface area (Å²) in [4.78, 5) is 26.4. The van der Waals surface area contributed by atoms with Crippen LogP contribution in [-0.4, -0.2) is 75.7 Å². The Labute approximate surface area is 238 Å². The van der Waals surface area contributed by atoms with Gasteiger partial charge in [-0.05, 0) is 60.6 Å². The van der Waals surface area contributed by atoms with Crippen LogP contribution in [0.2, 0.25) is 0 Å². The van der Waals surface area contributed by atoms with Crippen molar-refractivity contribution in [3.63, 3.8) is 0 Å². The molecule has 2 aromatic rings. The van der Waals surface area contributed by atoms with Crippen LogP contribution >= 0.6 is 0 Å². The first kappa shape index (κ1) is 32.2. The summed E-state index contributed by atoms with van der Waals surface area (Å²) in [6.07, 6.45) is -2.95. The zero-order chi connectivity index (χ0) is 30.4. The molecular formula is C28H37F3N4O5S. The van der Waals surface area contributed by atoms with Gasteiger partial charge in [0.15, 0.2) is 0 Å². The molecular weight excluding hydrogens is 561 g/mol. The Balaban J connectivity index is 0.000000587. The fraction of sp³-hybridized carbons (Fsp3) is 0.500. The number of aliphatic carboxylic acids is 1. The summed E-state index contributed by atoms with van der Waals surface area (Å²) in [6, 6.07) is 12.4. The molecule has 4 rings (SSSR count). The minimum absolute atomic E-state index is 0.0415. The highest BCUT2D eigenvalue weighted by molar-refractivity contribution is 7.92. The largest absolute Gasteiger partial charge is 0.490 e. The van der Waals surface area contributed by atoms with Gasteiger partial charge in [0, 0.05) is 44.8 Å². The number of rotatable bonds is 6. The Morgan fingerprint density at radius 2 is 1.66 bits per heavy atom. The van der Waals surface area contributed by atoms with E-state index in [1.54, 1.807) is 18.2 Å². The molecule has 1 unspecified atom stereocenters. The molecule has 0 aliphatic carbocycles. The van der Waals surface area contributed by atoms with E-state index in [9.17, 15) is 26.4 Å². The highest BCUT2D eigenvalue weighted by atomic mass is 32.2. The van der Waals surface area contributed by atoms with Crippen molar-refractivity contribution in [1.82, 2.24) is 10.2 Å². The lowest BCUT2D eigenvalue weighted by atomic mass is 9.99. The lowest BCUT2D eigenvalue weighted by molar-refractivity contribution is -0.192. The number of hydrogen-bond acceptors (Lipinski definition) is 6. The molecule has 2 aromatic carbocycles. The number of carboxylic acid groups (broad SMARTS) is 1. The van der Waals surface area contributed by atoms with Gasteiger partial charge < -0.3 is 20.2 Å². The molecule has 0 spiro atoms. The fourth-order valence-electron chi connectivity index (χ4n) is 4.72. The first-order valence-electron chi connectivity index (χ1n) is 13.5. The van der Waals surface area contributed by atoms with Crippen LogP contribution in [0, 0.1) is 5.92 Å². The van der Waals surface area contributed by atoms with Crippen LogP contribution < -0.4 is 14.9 Å². The van der Waals surface area contributed by atoms with Crippen molar-refractivity contribution in [3.05, 3.63) is 53.6 Å². The van der Waals surface area contributed by atoms with Crippen LogP contribution in [-0.2, 0) is 14.8 Å². The summed E-state index contributed by atoms with van der Waals surface area (Å²) in [5, 5.41) is 10.5. The van der Waals surface area contributed by atoms with Crippen molar-refractivity contribution in [1.29, 1.82) is 0 Å². The number of piperazine rings is 1. The Hall–Kier alpha value is -3.32. The molecule has 2 saturated heterocycles. The summed E-state index contributed by atoms with van der Waals surface area (Å²) in [6.45, 7) is 11.0. The van der Waals surface area contributed by atoms with E-state index in [1.807, 2.05) is 29.2 Å². The van der Waals surface area contributed by atoms with Crippen molar-refractivity contribution >= 4 is 33.3 Å². The second-order valence-corrected chi connectivity index (χ2v) is 12.3. The summed E-state index contributed by atoms with van der Waals surface area (Å²) >= 11 is 0. The SMILES string of the molecule is CC1CCCN(C(=O)c2ccc(N3CCNCC3)c(NS(=O)(=O)c3ccc(C(C)C)cc3)c2)C1.O=C(O)C(F)(F)F. The zero-order valence-corrected chi connectivity index (χ0v) is 24.2. The molecule has 2 aliphatic heterocycles. The number of halogens is 3. The first-order valence-corrected chi connectivity index (χ1v) is 15.0. The second kappa shape index (κ2) is 13.6. The van der Waals surface area contributed by atoms with Crippen LogP contribution in [0.15, 0.2) is 47.4 Å². The molecule has 0 saturated carbocycles. The van der Waals surface area contributed by atoms with E-state index in [-0.39, 0.29) is 10.8 Å². The van der Waals surface area contributed by atoms with Gasteiger partial charge in [-0.3, -0.25) is 9.52 Å². The third-order valence-corrected chi connectivity index (χ3v) is 8.37. The van der Waals surface area contributed by atoms with Gasteiger partial charge in [0.25, 0.3) is 15.9 Å². The molecule has 2 fully saturated rings. The zero-order valence-electron chi connectivity index (χ0n) is 23.4. The minimum Gasteiger partial charge on any atom is -0.475 e. The van der Waals surface area contributed by atoms with Gasteiger partial charge in [0.05, 0.1) is 16.3 Å². The van der Waals surface area contributed by atoms with Gasteiger partial charge >= 0.3 is 12.1 Å². The Morgan fingerprint density at radius 1 is 1.05 bits per heavy atom. The van der Waals surface area contributed by atoms with Crippen LogP contribution in [0.25, 0.3) is 0 Å². The Bertz CT molecular complexity index is 1310. The van der Waals surface area contributed by atoms with Gasteiger partial charge in [-0.1, -0.05) is 32.9 Å². The van der Waals surface area contributed by atoms with Crippen molar-refractivity contribution in [3.8, 4) is 0 Å². The molecule has 226 valence electrons. The molecule has 9 nitrogen and oxygen atoms in total. The maximum Gasteiger partial charge on any atom is 0.490 e. The molecule has 3 N–H and O–H groups in total. The van der Waals surface area contributed by atoms with E-state index in [0.717, 1.165) is 63.4 Å². The monoisotopic (exact) mass is 598 g/mol. The predicted molar refractivity (Wildman–Crippen MR) is 151 cm³/mol. The van der Waals surface area contributed by atoms with E-state index in [4.69, 9.17) is 9.90 Å². The van der Waals surface area contributed by atoms with E-state index in [2.05, 4.69) is 35.7 Å². The number of alkyl halides is 3. The first-order chi connectivity index (χ1) is 19.2. The number of likely N-dealkylation sites (tertiary alicyclic amines) is 1. The Kier molecular flexibility index (Phi) is 10.6. The molecule has 0 radical (unpaired) electrons.